The van der Waals surface area contributed by atoms with Gasteiger partial charge in [-0.05, 0) is 44.7 Å². The van der Waals surface area contributed by atoms with Crippen LogP contribution in [0.25, 0.3) is 0 Å². The molecule has 1 unspecified atom stereocenters. The fourth-order valence-electron chi connectivity index (χ4n) is 4.84. The molecule has 4 aliphatic rings. The minimum atomic E-state index is -0.271. The zero-order valence-corrected chi connectivity index (χ0v) is 16.1. The molecule has 0 saturated heterocycles. The average Bonchev–Trinajstić information content (AvgIpc) is 3.11. The number of pyridine rings is 1. The van der Waals surface area contributed by atoms with Crippen molar-refractivity contribution in [2.45, 2.75) is 45.6 Å². The van der Waals surface area contributed by atoms with E-state index in [1.165, 1.54) is 0 Å². The number of rotatable bonds is 5. The van der Waals surface area contributed by atoms with E-state index in [1.54, 1.807) is 17.4 Å². The van der Waals surface area contributed by atoms with Gasteiger partial charge in [-0.1, -0.05) is 6.07 Å². The van der Waals surface area contributed by atoms with Gasteiger partial charge in [0.25, 0.3) is 0 Å². The van der Waals surface area contributed by atoms with Crippen molar-refractivity contribution < 1.29 is 9.53 Å². The first-order valence-electron chi connectivity index (χ1n) is 9.69. The predicted molar refractivity (Wildman–Crippen MR) is 103 cm³/mol. The number of hydrogen-bond acceptors (Lipinski definition) is 6. The molecule has 2 aromatic rings. The van der Waals surface area contributed by atoms with Crippen molar-refractivity contribution in [2.24, 2.45) is 15.9 Å². The SMILES string of the molecule is Cc1ccc(C2CC=NN2C(=O)C23CC(COc4cnc(C)cn4)(C2)C3)nc1. The summed E-state index contributed by atoms with van der Waals surface area (Å²) in [4.78, 5) is 26.2. The first-order chi connectivity index (χ1) is 13.5. The van der Waals surface area contributed by atoms with E-state index in [-0.39, 0.29) is 22.8 Å². The van der Waals surface area contributed by atoms with Crippen LogP contribution in [0.2, 0.25) is 0 Å². The van der Waals surface area contributed by atoms with E-state index < -0.39 is 0 Å². The molecule has 144 valence electrons. The number of carbonyl (C=O) groups excluding carboxylic acids is 1. The molecule has 7 heteroatoms. The van der Waals surface area contributed by atoms with E-state index in [4.69, 9.17) is 4.74 Å². The highest BCUT2D eigenvalue weighted by Crippen LogP contribution is 2.74. The van der Waals surface area contributed by atoms with Gasteiger partial charge in [0.05, 0.1) is 35.8 Å². The number of aromatic nitrogens is 3. The Hall–Kier alpha value is -2.83. The average molecular weight is 377 g/mol. The molecule has 7 nitrogen and oxygen atoms in total. The number of ether oxygens (including phenoxy) is 1. The smallest absolute Gasteiger partial charge is 0.249 e. The lowest BCUT2D eigenvalue weighted by Gasteiger charge is -2.69. The molecule has 28 heavy (non-hydrogen) atoms. The van der Waals surface area contributed by atoms with Crippen molar-refractivity contribution in [3.05, 3.63) is 47.7 Å². The van der Waals surface area contributed by atoms with Crippen molar-refractivity contribution in [1.82, 2.24) is 20.0 Å². The second-order valence-corrected chi connectivity index (χ2v) is 8.56. The lowest BCUT2D eigenvalue weighted by Crippen LogP contribution is -2.69. The van der Waals surface area contributed by atoms with E-state index in [0.29, 0.717) is 12.5 Å². The van der Waals surface area contributed by atoms with Gasteiger partial charge in [0.2, 0.25) is 11.8 Å². The van der Waals surface area contributed by atoms with Crippen LogP contribution in [0.5, 0.6) is 5.88 Å². The number of carbonyl (C=O) groups is 1. The van der Waals surface area contributed by atoms with Crippen molar-refractivity contribution in [3.8, 4) is 5.88 Å². The Kier molecular flexibility index (Phi) is 3.76. The molecule has 3 aliphatic carbocycles. The molecule has 1 aliphatic heterocycles. The molecule has 3 saturated carbocycles. The maximum Gasteiger partial charge on any atom is 0.249 e. The Morgan fingerprint density at radius 3 is 2.64 bits per heavy atom. The number of hydrazone groups is 1. The van der Waals surface area contributed by atoms with E-state index in [9.17, 15) is 4.79 Å². The first-order valence-corrected chi connectivity index (χ1v) is 9.69. The van der Waals surface area contributed by atoms with Gasteiger partial charge >= 0.3 is 0 Å². The minimum Gasteiger partial charge on any atom is -0.476 e. The van der Waals surface area contributed by atoms with Gasteiger partial charge in [0, 0.05) is 24.2 Å². The van der Waals surface area contributed by atoms with Crippen molar-refractivity contribution in [1.29, 1.82) is 0 Å². The zero-order chi connectivity index (χ0) is 19.4. The monoisotopic (exact) mass is 377 g/mol. The zero-order valence-electron chi connectivity index (χ0n) is 16.1. The summed E-state index contributed by atoms with van der Waals surface area (Å²) in [6.07, 6.45) is 10.3. The maximum absolute atomic E-state index is 13.2. The van der Waals surface area contributed by atoms with Crippen LogP contribution in [0, 0.1) is 24.7 Å². The predicted octanol–water partition coefficient (Wildman–Crippen LogP) is 3.00. The summed E-state index contributed by atoms with van der Waals surface area (Å²) in [6.45, 7) is 4.50. The van der Waals surface area contributed by atoms with Crippen LogP contribution < -0.4 is 4.74 Å². The summed E-state index contributed by atoms with van der Waals surface area (Å²) in [5, 5.41) is 6.04. The van der Waals surface area contributed by atoms with Crippen molar-refractivity contribution >= 4 is 12.1 Å². The minimum absolute atomic E-state index is 0.0860. The van der Waals surface area contributed by atoms with Crippen LogP contribution in [0.4, 0.5) is 0 Å². The molecule has 0 radical (unpaired) electrons. The van der Waals surface area contributed by atoms with Gasteiger partial charge in [0.1, 0.15) is 6.04 Å². The molecule has 1 atom stereocenters. The third-order valence-corrected chi connectivity index (χ3v) is 6.19. The van der Waals surface area contributed by atoms with E-state index in [2.05, 4.69) is 20.1 Å². The summed E-state index contributed by atoms with van der Waals surface area (Å²) in [5.41, 5.74) is 2.71. The summed E-state index contributed by atoms with van der Waals surface area (Å²) in [6, 6.07) is 3.94. The molecular weight excluding hydrogens is 354 g/mol. The highest BCUT2D eigenvalue weighted by molar-refractivity contribution is 5.88. The largest absolute Gasteiger partial charge is 0.476 e. The van der Waals surface area contributed by atoms with E-state index in [1.807, 2.05) is 38.4 Å². The third-order valence-electron chi connectivity index (χ3n) is 6.19. The van der Waals surface area contributed by atoms with Crippen LogP contribution in [0.1, 0.15) is 48.7 Å². The Bertz CT molecular complexity index is 918. The summed E-state index contributed by atoms with van der Waals surface area (Å²) >= 11 is 0. The molecule has 0 aromatic carbocycles. The molecular formula is C21H23N5O2. The van der Waals surface area contributed by atoms with Gasteiger partial charge in [-0.15, -0.1) is 0 Å². The van der Waals surface area contributed by atoms with Crippen LogP contribution in [-0.4, -0.2) is 38.7 Å². The maximum atomic E-state index is 13.2. The summed E-state index contributed by atoms with van der Waals surface area (Å²) < 4.78 is 5.82. The standard InChI is InChI=1S/C21H23N5O2/c1-14-3-4-16(23-7-14)17-5-6-25-26(17)19(27)21-10-20(11-21,12-21)13-28-18-9-22-15(2)8-24-18/h3-4,6-9,17H,5,10-13H2,1-2H3. The molecule has 0 spiro atoms. The number of hydrogen-bond donors (Lipinski definition) is 0. The lowest BCUT2D eigenvalue weighted by molar-refractivity contribution is -0.227. The molecule has 2 bridgehead atoms. The van der Waals surface area contributed by atoms with Crippen LogP contribution in [0.15, 0.2) is 35.8 Å². The van der Waals surface area contributed by atoms with Gasteiger partial charge in [-0.3, -0.25) is 14.8 Å². The second-order valence-electron chi connectivity index (χ2n) is 8.56. The molecule has 0 N–H and O–H groups in total. The Labute approximate surface area is 163 Å². The quantitative estimate of drug-likeness (QED) is 0.800. The Balaban J connectivity index is 1.21. The fraction of sp³-hybridized carbons (Fsp3) is 0.476. The topological polar surface area (TPSA) is 80.6 Å². The second kappa shape index (κ2) is 6.09. The van der Waals surface area contributed by atoms with E-state index >= 15 is 0 Å². The molecule has 3 fully saturated rings. The van der Waals surface area contributed by atoms with Crippen molar-refractivity contribution in [3.63, 3.8) is 0 Å². The number of amides is 1. The van der Waals surface area contributed by atoms with Gasteiger partial charge in [-0.2, -0.15) is 5.10 Å². The first kappa shape index (κ1) is 17.3. The third kappa shape index (κ3) is 2.68. The molecule has 6 rings (SSSR count). The Morgan fingerprint density at radius 1 is 1.14 bits per heavy atom. The van der Waals surface area contributed by atoms with Gasteiger partial charge < -0.3 is 4.74 Å². The number of aryl methyl sites for hydroxylation is 2. The normalized spacial score (nSPS) is 29.9. The van der Waals surface area contributed by atoms with Crippen LogP contribution in [-0.2, 0) is 4.79 Å². The molecule has 3 heterocycles. The van der Waals surface area contributed by atoms with Gasteiger partial charge in [-0.25, -0.2) is 9.99 Å². The lowest BCUT2D eigenvalue weighted by atomic mass is 9.35. The molecule has 1 amide bonds. The molecule has 2 aromatic heterocycles. The highest BCUT2D eigenvalue weighted by Gasteiger charge is 2.73. The van der Waals surface area contributed by atoms with E-state index in [0.717, 1.165) is 42.6 Å². The number of nitrogens with zero attached hydrogens (tertiary/aromatic N) is 5. The highest BCUT2D eigenvalue weighted by atomic mass is 16.5. The van der Waals surface area contributed by atoms with Crippen LogP contribution >= 0.6 is 0 Å². The van der Waals surface area contributed by atoms with Gasteiger partial charge in [0.15, 0.2) is 0 Å². The fourth-order valence-corrected chi connectivity index (χ4v) is 4.84. The van der Waals surface area contributed by atoms with Crippen molar-refractivity contribution in [2.75, 3.05) is 6.61 Å². The van der Waals surface area contributed by atoms with Crippen LogP contribution in [0.3, 0.4) is 0 Å². The Morgan fingerprint density at radius 2 is 1.96 bits per heavy atom. The summed E-state index contributed by atoms with van der Waals surface area (Å²) in [7, 11) is 0. The summed E-state index contributed by atoms with van der Waals surface area (Å²) in [5.74, 6) is 0.677.